The molecule has 4 aliphatic rings. The van der Waals surface area contributed by atoms with Crippen LogP contribution < -0.4 is 5.48 Å². The van der Waals surface area contributed by atoms with Crippen LogP contribution in [0.1, 0.15) is 78.2 Å². The highest BCUT2D eigenvalue weighted by molar-refractivity contribution is 5.72. The van der Waals surface area contributed by atoms with Crippen molar-refractivity contribution in [2.24, 2.45) is 34.5 Å². The fraction of sp³-hybridized carbons (Fsp3) is 0.697. The lowest BCUT2D eigenvalue weighted by atomic mass is 9.46. The van der Waals surface area contributed by atoms with E-state index < -0.39 is 0 Å². The summed E-state index contributed by atoms with van der Waals surface area (Å²) in [7, 11) is 1.81. The molecule has 6 heteroatoms. The Morgan fingerprint density at radius 1 is 1.10 bits per heavy atom. The first-order valence-electron chi connectivity index (χ1n) is 15.5. The highest BCUT2D eigenvalue weighted by atomic mass is 16.7. The lowest BCUT2D eigenvalue weighted by molar-refractivity contribution is -0.0252. The SMILES string of the molecule is CCN(CC)CCN(C)C(=O)ONCC1C=C2CC[C@H]3[C@H](CC[C@]4(C)C(c5cccnc5)=CC[C@@H]34)[C@@]2(C)CC1. The van der Waals surface area contributed by atoms with E-state index in [-0.39, 0.29) is 11.5 Å². The third-order valence-corrected chi connectivity index (χ3v) is 11.2. The number of hydrogen-bond donors (Lipinski definition) is 1. The summed E-state index contributed by atoms with van der Waals surface area (Å²) in [5.41, 5.74) is 8.16. The summed E-state index contributed by atoms with van der Waals surface area (Å²) in [5.74, 6) is 2.77. The van der Waals surface area contributed by atoms with Crippen molar-refractivity contribution in [2.45, 2.75) is 72.6 Å². The molecule has 0 aromatic carbocycles. The van der Waals surface area contributed by atoms with Gasteiger partial charge in [-0.25, -0.2) is 4.79 Å². The Bertz CT molecular complexity index is 1070. The summed E-state index contributed by atoms with van der Waals surface area (Å²) < 4.78 is 0. The summed E-state index contributed by atoms with van der Waals surface area (Å²) >= 11 is 0. The second-order valence-electron chi connectivity index (χ2n) is 13.0. The summed E-state index contributed by atoms with van der Waals surface area (Å²) in [6.45, 7) is 13.6. The molecule has 1 aromatic rings. The Hall–Kier alpha value is -2.18. The minimum atomic E-state index is -0.294. The van der Waals surface area contributed by atoms with Crippen molar-refractivity contribution in [1.29, 1.82) is 0 Å². The van der Waals surface area contributed by atoms with Crippen LogP contribution in [-0.4, -0.2) is 60.6 Å². The van der Waals surface area contributed by atoms with Crippen LogP contribution in [0.5, 0.6) is 0 Å². The van der Waals surface area contributed by atoms with Gasteiger partial charge < -0.3 is 14.6 Å². The molecule has 0 saturated heterocycles. The molecule has 0 bridgehead atoms. The van der Waals surface area contributed by atoms with Crippen LogP contribution in [0.25, 0.3) is 5.57 Å². The van der Waals surface area contributed by atoms with Crippen molar-refractivity contribution >= 4 is 11.7 Å². The van der Waals surface area contributed by atoms with Crippen molar-refractivity contribution in [1.82, 2.24) is 20.3 Å². The van der Waals surface area contributed by atoms with Crippen molar-refractivity contribution in [3.63, 3.8) is 0 Å². The van der Waals surface area contributed by atoms with E-state index in [1.54, 1.807) is 16.0 Å². The van der Waals surface area contributed by atoms with E-state index in [1.165, 1.54) is 44.1 Å². The van der Waals surface area contributed by atoms with Crippen molar-refractivity contribution < 1.29 is 9.63 Å². The Labute approximate surface area is 236 Å². The largest absolute Gasteiger partial charge is 0.428 e. The average Bonchev–Trinajstić information content (AvgIpc) is 3.31. The number of carbonyl (C=O) groups excluding carboxylic acids is 1. The van der Waals surface area contributed by atoms with Gasteiger partial charge in [-0.15, -0.1) is 0 Å². The minimum absolute atomic E-state index is 0.283. The highest BCUT2D eigenvalue weighted by Gasteiger charge is 2.57. The molecule has 4 aliphatic carbocycles. The number of aromatic nitrogens is 1. The van der Waals surface area contributed by atoms with Gasteiger partial charge in [-0.1, -0.05) is 51.5 Å². The summed E-state index contributed by atoms with van der Waals surface area (Å²) in [5, 5.41) is 0. The monoisotopic (exact) mass is 534 g/mol. The van der Waals surface area contributed by atoms with Gasteiger partial charge in [-0.3, -0.25) is 4.98 Å². The van der Waals surface area contributed by atoms with E-state index in [1.807, 2.05) is 13.2 Å². The number of nitrogens with zero attached hydrogens (tertiary/aromatic N) is 3. The first-order chi connectivity index (χ1) is 18.8. The van der Waals surface area contributed by atoms with Crippen molar-refractivity contribution in [2.75, 3.05) is 39.8 Å². The van der Waals surface area contributed by atoms with E-state index in [4.69, 9.17) is 4.84 Å². The van der Waals surface area contributed by atoms with Gasteiger partial charge in [0, 0.05) is 39.1 Å². The standard InChI is InChI=1S/C33H50N4O2/c1-6-37(7-2)20-19-36(5)31(38)39-35-22-24-14-16-32(3)26(21-24)10-11-27-29-13-12-28(25-9-8-18-34-23-25)33(29,4)17-15-30(27)32/h8-9,12,18,21,23-24,27,29-30,35H,6-7,10-11,13-17,19-20,22H2,1-5H3/t24?,27-,29+,30+,32+,33-/m1/s1. The normalized spacial score (nSPS) is 33.5. The van der Waals surface area contributed by atoms with Crippen LogP contribution in [0, 0.1) is 34.5 Å². The maximum absolute atomic E-state index is 12.4. The van der Waals surface area contributed by atoms with Crippen LogP contribution >= 0.6 is 0 Å². The second-order valence-corrected chi connectivity index (χ2v) is 13.0. The third-order valence-electron chi connectivity index (χ3n) is 11.2. The molecule has 1 heterocycles. The Kier molecular flexibility index (Phi) is 8.54. The van der Waals surface area contributed by atoms with Crippen molar-refractivity contribution in [3.05, 3.63) is 47.8 Å². The molecule has 0 aliphatic heterocycles. The van der Waals surface area contributed by atoms with Gasteiger partial charge in [0.25, 0.3) is 0 Å². The Morgan fingerprint density at radius 2 is 1.90 bits per heavy atom. The van der Waals surface area contributed by atoms with Gasteiger partial charge in [-0.05, 0) is 110 Å². The maximum Gasteiger partial charge on any atom is 0.428 e. The van der Waals surface area contributed by atoms with Crippen molar-refractivity contribution in [3.8, 4) is 0 Å². The van der Waals surface area contributed by atoms with Crippen LogP contribution in [-0.2, 0) is 4.84 Å². The third kappa shape index (κ3) is 5.44. The maximum atomic E-state index is 12.4. The molecule has 2 saturated carbocycles. The van der Waals surface area contributed by atoms with E-state index in [0.717, 1.165) is 43.8 Å². The zero-order chi connectivity index (χ0) is 27.6. The number of carbonyl (C=O) groups is 1. The molecule has 2 fully saturated rings. The Morgan fingerprint density at radius 3 is 2.64 bits per heavy atom. The Balaban J connectivity index is 1.16. The molecule has 0 spiro atoms. The molecular weight excluding hydrogens is 484 g/mol. The number of fused-ring (bicyclic) bond motifs is 5. The lowest BCUT2D eigenvalue weighted by Crippen LogP contribution is -2.50. The molecule has 5 rings (SSSR count). The van der Waals surface area contributed by atoms with Crippen LogP contribution in [0.4, 0.5) is 4.79 Å². The van der Waals surface area contributed by atoms with E-state index in [2.05, 4.69) is 73.5 Å². The average molecular weight is 535 g/mol. The van der Waals surface area contributed by atoms with Gasteiger partial charge >= 0.3 is 6.09 Å². The van der Waals surface area contributed by atoms with E-state index >= 15 is 0 Å². The second kappa shape index (κ2) is 11.7. The first kappa shape index (κ1) is 28.4. The smallest absolute Gasteiger partial charge is 0.354 e. The number of allylic oxidation sites excluding steroid dienone is 3. The number of hydroxylamine groups is 1. The summed E-state index contributed by atoms with van der Waals surface area (Å²) in [6, 6.07) is 4.33. The predicted octanol–water partition coefficient (Wildman–Crippen LogP) is 6.57. The van der Waals surface area contributed by atoms with Gasteiger partial charge in [0.2, 0.25) is 0 Å². The number of pyridine rings is 1. The molecule has 6 nitrogen and oxygen atoms in total. The molecular formula is C33H50N4O2. The first-order valence-corrected chi connectivity index (χ1v) is 15.5. The molecule has 1 amide bonds. The topological polar surface area (TPSA) is 57.7 Å². The van der Waals surface area contributed by atoms with Gasteiger partial charge in [0.15, 0.2) is 0 Å². The quantitative estimate of drug-likeness (QED) is 0.287. The number of amides is 1. The van der Waals surface area contributed by atoms with E-state index in [0.29, 0.717) is 24.4 Å². The molecule has 39 heavy (non-hydrogen) atoms. The van der Waals surface area contributed by atoms with Crippen LogP contribution in [0.2, 0.25) is 0 Å². The summed E-state index contributed by atoms with van der Waals surface area (Å²) in [6.07, 6.45) is 17.5. The minimum Gasteiger partial charge on any atom is -0.354 e. The molecule has 1 aromatic heterocycles. The molecule has 1 N–H and O–H groups in total. The summed E-state index contributed by atoms with van der Waals surface area (Å²) in [4.78, 5) is 26.3. The molecule has 0 radical (unpaired) electrons. The zero-order valence-electron chi connectivity index (χ0n) is 24.9. The lowest BCUT2D eigenvalue weighted by Gasteiger charge is -2.58. The predicted molar refractivity (Wildman–Crippen MR) is 158 cm³/mol. The number of nitrogens with one attached hydrogen (secondary N) is 1. The molecule has 6 atom stereocenters. The van der Waals surface area contributed by atoms with Gasteiger partial charge in [0.05, 0.1) is 0 Å². The van der Waals surface area contributed by atoms with Crippen LogP contribution in [0.15, 0.2) is 42.3 Å². The number of likely N-dealkylation sites (N-methyl/N-ethyl adjacent to an activating group) is 2. The van der Waals surface area contributed by atoms with Gasteiger partial charge in [-0.2, -0.15) is 5.48 Å². The fourth-order valence-electron chi connectivity index (χ4n) is 8.71. The highest BCUT2D eigenvalue weighted by Crippen LogP contribution is 2.66. The zero-order valence-corrected chi connectivity index (χ0v) is 24.9. The van der Waals surface area contributed by atoms with Crippen LogP contribution in [0.3, 0.4) is 0 Å². The van der Waals surface area contributed by atoms with Gasteiger partial charge in [0.1, 0.15) is 0 Å². The molecule has 214 valence electrons. The number of hydrogen-bond acceptors (Lipinski definition) is 5. The fourth-order valence-corrected chi connectivity index (χ4v) is 8.71. The number of rotatable bonds is 9. The van der Waals surface area contributed by atoms with E-state index in [9.17, 15) is 4.79 Å². The molecule has 1 unspecified atom stereocenters.